The highest BCUT2D eigenvalue weighted by molar-refractivity contribution is 5.66. The molecule has 0 aromatic rings. The Morgan fingerprint density at radius 1 is 1.36 bits per heavy atom. The normalized spacial score (nSPS) is 32.9. The molecule has 0 spiro atoms. The molecular formula is C8H14N2O. The second-order valence-electron chi connectivity index (χ2n) is 3.06. The molecular weight excluding hydrogens is 140 g/mol. The van der Waals surface area contributed by atoms with E-state index in [1.165, 1.54) is 6.42 Å². The van der Waals surface area contributed by atoms with E-state index in [1.807, 2.05) is 0 Å². The first-order chi connectivity index (χ1) is 5.47. The molecule has 3 nitrogen and oxygen atoms in total. The summed E-state index contributed by atoms with van der Waals surface area (Å²) in [7, 11) is 0. The summed E-state index contributed by atoms with van der Waals surface area (Å²) in [6.45, 7) is 4.96. The van der Waals surface area contributed by atoms with E-state index >= 15 is 0 Å². The number of ether oxygens (including phenoxy) is 1. The molecule has 2 heterocycles. The zero-order valence-corrected chi connectivity index (χ0v) is 6.70. The number of nitrogens with zero attached hydrogens (tertiary/aromatic N) is 2. The first-order valence-corrected chi connectivity index (χ1v) is 4.28. The summed E-state index contributed by atoms with van der Waals surface area (Å²) < 4.78 is 5.27. The molecule has 2 aliphatic heterocycles. The van der Waals surface area contributed by atoms with Crippen molar-refractivity contribution in [3.63, 3.8) is 0 Å². The molecule has 0 aliphatic carbocycles. The van der Waals surface area contributed by atoms with E-state index in [4.69, 9.17) is 4.74 Å². The highest BCUT2D eigenvalue weighted by Gasteiger charge is 2.20. The second-order valence-corrected chi connectivity index (χ2v) is 3.06. The van der Waals surface area contributed by atoms with Crippen LogP contribution in [0.1, 0.15) is 6.42 Å². The third-order valence-corrected chi connectivity index (χ3v) is 2.35. The van der Waals surface area contributed by atoms with Gasteiger partial charge in [-0.3, -0.25) is 9.89 Å². The molecule has 11 heavy (non-hydrogen) atoms. The summed E-state index contributed by atoms with van der Waals surface area (Å²) in [5.41, 5.74) is 0. The van der Waals surface area contributed by atoms with Crippen LogP contribution in [-0.2, 0) is 4.74 Å². The predicted molar refractivity (Wildman–Crippen MR) is 44.2 cm³/mol. The smallest absolute Gasteiger partial charge is 0.0594 e. The number of rotatable bonds is 1. The molecule has 2 rings (SSSR count). The van der Waals surface area contributed by atoms with Crippen molar-refractivity contribution in [1.29, 1.82) is 0 Å². The first kappa shape index (κ1) is 7.25. The van der Waals surface area contributed by atoms with Gasteiger partial charge in [0.2, 0.25) is 0 Å². The van der Waals surface area contributed by atoms with Crippen molar-refractivity contribution < 1.29 is 4.74 Å². The van der Waals surface area contributed by atoms with Gasteiger partial charge in [0, 0.05) is 31.9 Å². The van der Waals surface area contributed by atoms with E-state index in [-0.39, 0.29) is 0 Å². The standard InChI is InChI=1S/C8H14N2O/c1-2-9-7-8(1)10-3-5-11-6-4-10/h7-8H,1-6H2. The van der Waals surface area contributed by atoms with E-state index in [2.05, 4.69) is 16.1 Å². The zero-order valence-electron chi connectivity index (χ0n) is 6.70. The Kier molecular flexibility index (Phi) is 2.19. The van der Waals surface area contributed by atoms with Crippen LogP contribution < -0.4 is 0 Å². The zero-order chi connectivity index (χ0) is 7.52. The maximum Gasteiger partial charge on any atom is 0.0594 e. The number of hydrogen-bond donors (Lipinski definition) is 0. The van der Waals surface area contributed by atoms with Gasteiger partial charge in [-0.2, -0.15) is 0 Å². The van der Waals surface area contributed by atoms with Crippen LogP contribution in [0.3, 0.4) is 0 Å². The molecule has 0 aromatic heterocycles. The minimum Gasteiger partial charge on any atom is -0.379 e. The van der Waals surface area contributed by atoms with Crippen molar-refractivity contribution >= 4 is 6.21 Å². The van der Waals surface area contributed by atoms with E-state index in [0.717, 1.165) is 32.8 Å². The van der Waals surface area contributed by atoms with Gasteiger partial charge >= 0.3 is 0 Å². The fourth-order valence-electron chi connectivity index (χ4n) is 1.66. The van der Waals surface area contributed by atoms with Gasteiger partial charge in [0.25, 0.3) is 0 Å². The van der Waals surface area contributed by atoms with Crippen molar-refractivity contribution in [3.8, 4) is 0 Å². The minimum absolute atomic E-state index is 0.610. The Balaban J connectivity index is 1.87. The highest BCUT2D eigenvalue weighted by atomic mass is 16.5. The lowest BCUT2D eigenvalue weighted by Gasteiger charge is -2.30. The Hall–Kier alpha value is -0.410. The maximum absolute atomic E-state index is 5.27. The molecule has 1 atom stereocenters. The van der Waals surface area contributed by atoms with Crippen LogP contribution in [0.2, 0.25) is 0 Å². The Morgan fingerprint density at radius 2 is 2.18 bits per heavy atom. The molecule has 0 bridgehead atoms. The van der Waals surface area contributed by atoms with Gasteiger partial charge in [-0.1, -0.05) is 0 Å². The molecule has 0 N–H and O–H groups in total. The summed E-state index contributed by atoms with van der Waals surface area (Å²) >= 11 is 0. The summed E-state index contributed by atoms with van der Waals surface area (Å²) in [5, 5.41) is 0. The second kappa shape index (κ2) is 3.32. The molecule has 62 valence electrons. The molecule has 0 radical (unpaired) electrons. The van der Waals surface area contributed by atoms with Crippen molar-refractivity contribution in [2.75, 3.05) is 32.8 Å². The summed E-state index contributed by atoms with van der Waals surface area (Å²) in [6, 6.07) is 0.610. The molecule has 1 unspecified atom stereocenters. The van der Waals surface area contributed by atoms with Crippen LogP contribution in [0.5, 0.6) is 0 Å². The van der Waals surface area contributed by atoms with Crippen LogP contribution in [0.4, 0.5) is 0 Å². The third kappa shape index (κ3) is 1.60. The molecule has 2 aliphatic rings. The van der Waals surface area contributed by atoms with E-state index in [0.29, 0.717) is 6.04 Å². The van der Waals surface area contributed by atoms with Crippen molar-refractivity contribution in [1.82, 2.24) is 4.90 Å². The topological polar surface area (TPSA) is 24.8 Å². The van der Waals surface area contributed by atoms with Crippen LogP contribution in [0, 0.1) is 0 Å². The van der Waals surface area contributed by atoms with Gasteiger partial charge in [0.05, 0.1) is 13.2 Å². The third-order valence-electron chi connectivity index (χ3n) is 2.35. The van der Waals surface area contributed by atoms with Gasteiger partial charge in [-0.15, -0.1) is 0 Å². The fraction of sp³-hybridized carbons (Fsp3) is 0.875. The van der Waals surface area contributed by atoms with Gasteiger partial charge in [-0.25, -0.2) is 0 Å². The first-order valence-electron chi connectivity index (χ1n) is 4.28. The Morgan fingerprint density at radius 3 is 2.82 bits per heavy atom. The average molecular weight is 154 g/mol. The molecule has 0 saturated carbocycles. The Labute approximate surface area is 67.1 Å². The lowest BCUT2D eigenvalue weighted by atomic mass is 10.2. The highest BCUT2D eigenvalue weighted by Crippen LogP contribution is 2.09. The average Bonchev–Trinajstić information content (AvgIpc) is 2.58. The number of aliphatic imine (C=N–C) groups is 1. The van der Waals surface area contributed by atoms with E-state index in [1.54, 1.807) is 0 Å². The van der Waals surface area contributed by atoms with Crippen molar-refractivity contribution in [3.05, 3.63) is 0 Å². The molecule has 0 amide bonds. The molecule has 1 saturated heterocycles. The predicted octanol–water partition coefficient (Wildman–Crippen LogP) is 0.162. The lowest BCUT2D eigenvalue weighted by molar-refractivity contribution is 0.0299. The SMILES string of the molecule is C1=NCCC1N1CCOCC1. The maximum atomic E-state index is 5.27. The quantitative estimate of drug-likeness (QED) is 0.537. The lowest BCUT2D eigenvalue weighted by Crippen LogP contribution is -2.43. The van der Waals surface area contributed by atoms with Gasteiger partial charge in [0.15, 0.2) is 0 Å². The summed E-state index contributed by atoms with van der Waals surface area (Å²) in [6.07, 6.45) is 3.30. The van der Waals surface area contributed by atoms with Gasteiger partial charge in [-0.05, 0) is 6.42 Å². The largest absolute Gasteiger partial charge is 0.379 e. The van der Waals surface area contributed by atoms with Crippen LogP contribution in [0.25, 0.3) is 0 Å². The van der Waals surface area contributed by atoms with Crippen LogP contribution >= 0.6 is 0 Å². The summed E-state index contributed by atoms with van der Waals surface area (Å²) in [5.74, 6) is 0. The van der Waals surface area contributed by atoms with Crippen molar-refractivity contribution in [2.24, 2.45) is 4.99 Å². The van der Waals surface area contributed by atoms with E-state index in [9.17, 15) is 0 Å². The Bertz CT molecular complexity index is 152. The van der Waals surface area contributed by atoms with Crippen molar-refractivity contribution in [2.45, 2.75) is 12.5 Å². The molecule has 0 aromatic carbocycles. The van der Waals surface area contributed by atoms with E-state index < -0.39 is 0 Å². The minimum atomic E-state index is 0.610. The molecule has 1 fully saturated rings. The van der Waals surface area contributed by atoms with Gasteiger partial charge < -0.3 is 4.74 Å². The van der Waals surface area contributed by atoms with Crippen LogP contribution in [-0.4, -0.2) is 50.0 Å². The van der Waals surface area contributed by atoms with Gasteiger partial charge in [0.1, 0.15) is 0 Å². The number of hydrogen-bond acceptors (Lipinski definition) is 3. The summed E-state index contributed by atoms with van der Waals surface area (Å²) in [4.78, 5) is 6.69. The van der Waals surface area contributed by atoms with Crippen LogP contribution in [0.15, 0.2) is 4.99 Å². The monoisotopic (exact) mass is 154 g/mol. The fourth-order valence-corrected chi connectivity index (χ4v) is 1.66. The number of morpholine rings is 1. The molecule has 3 heteroatoms.